The minimum atomic E-state index is -0.678. The van der Waals surface area contributed by atoms with E-state index in [1.807, 2.05) is 0 Å². The van der Waals surface area contributed by atoms with E-state index in [1.54, 1.807) is 0 Å². The molecule has 0 aliphatic heterocycles. The van der Waals surface area contributed by atoms with Crippen molar-refractivity contribution >= 4 is 23.1 Å². The molecule has 0 saturated carbocycles. The fourth-order valence-electron chi connectivity index (χ4n) is 0.862. The minimum Gasteiger partial charge on any atom is -0.384 e. The number of nitrogen functional groups attached to an aromatic ring is 1. The van der Waals surface area contributed by atoms with Crippen LogP contribution in [0.15, 0.2) is 6.07 Å². The number of aromatic nitrogens is 1. The summed E-state index contributed by atoms with van der Waals surface area (Å²) in [6.45, 7) is -0.367. The number of aliphatic hydroxyl groups is 1. The third-order valence-electron chi connectivity index (χ3n) is 1.48. The molecule has 1 aromatic rings. The van der Waals surface area contributed by atoms with Crippen molar-refractivity contribution in [2.45, 2.75) is 0 Å². The molecule has 0 radical (unpaired) electrons. The first kappa shape index (κ1) is 11.2. The molecule has 15 heavy (non-hydrogen) atoms. The van der Waals surface area contributed by atoms with Crippen molar-refractivity contribution < 1.29 is 10.0 Å². The Morgan fingerprint density at radius 3 is 2.93 bits per heavy atom. The summed E-state index contributed by atoms with van der Waals surface area (Å²) in [4.78, 5) is 13.4. The molecule has 0 fully saturated rings. The molecule has 0 saturated heterocycles. The topological polar surface area (TPSA) is 102 Å². The summed E-state index contributed by atoms with van der Waals surface area (Å²) in [5.41, 5.74) is 5.08. The molecule has 0 aliphatic carbocycles. The van der Waals surface area contributed by atoms with Crippen LogP contribution < -0.4 is 5.73 Å². The average Bonchev–Trinajstić information content (AvgIpc) is 2.16. The maximum Gasteiger partial charge on any atom is 0.312 e. The number of nitro groups is 1. The van der Waals surface area contributed by atoms with Gasteiger partial charge < -0.3 is 10.8 Å². The SMILES string of the molecule is Nc1nc(Cl)c(C#CCO)cc1[N+](=O)[O-]. The van der Waals surface area contributed by atoms with E-state index in [-0.39, 0.29) is 28.8 Å². The van der Waals surface area contributed by atoms with Gasteiger partial charge in [-0.15, -0.1) is 0 Å². The highest BCUT2D eigenvalue weighted by Crippen LogP contribution is 2.24. The predicted molar refractivity (Wildman–Crippen MR) is 54.3 cm³/mol. The molecule has 1 heterocycles. The second-order valence-corrected chi connectivity index (χ2v) is 2.81. The Balaban J connectivity index is 3.29. The van der Waals surface area contributed by atoms with Gasteiger partial charge in [-0.05, 0) is 0 Å². The smallest absolute Gasteiger partial charge is 0.312 e. The van der Waals surface area contributed by atoms with Crippen LogP contribution in [0.25, 0.3) is 0 Å². The molecule has 0 unspecified atom stereocenters. The van der Waals surface area contributed by atoms with Crippen molar-refractivity contribution in [1.29, 1.82) is 0 Å². The predicted octanol–water partition coefficient (Wildman–Crippen LogP) is 0.569. The second-order valence-electron chi connectivity index (χ2n) is 2.45. The summed E-state index contributed by atoms with van der Waals surface area (Å²) in [5.74, 6) is 4.48. The summed E-state index contributed by atoms with van der Waals surface area (Å²) >= 11 is 5.64. The molecule has 0 spiro atoms. The van der Waals surface area contributed by atoms with Crippen LogP contribution in [-0.4, -0.2) is 21.6 Å². The highest BCUT2D eigenvalue weighted by atomic mass is 35.5. The Kier molecular flexibility index (Phi) is 3.44. The Morgan fingerprint density at radius 1 is 1.73 bits per heavy atom. The van der Waals surface area contributed by atoms with E-state index in [4.69, 9.17) is 22.4 Å². The highest BCUT2D eigenvalue weighted by Gasteiger charge is 2.15. The van der Waals surface area contributed by atoms with Crippen molar-refractivity contribution in [3.8, 4) is 11.8 Å². The standard InChI is InChI=1S/C8H6ClN3O3/c9-7-5(2-1-3-13)4-6(12(14)15)8(10)11-7/h4,13H,3H2,(H2,10,11). The Hall–Kier alpha value is -1.84. The van der Waals surface area contributed by atoms with Gasteiger partial charge in [0.05, 0.1) is 10.5 Å². The molecule has 1 aromatic heterocycles. The zero-order valence-electron chi connectivity index (χ0n) is 7.40. The van der Waals surface area contributed by atoms with E-state index in [1.165, 1.54) is 0 Å². The zero-order valence-corrected chi connectivity index (χ0v) is 8.15. The van der Waals surface area contributed by atoms with Crippen molar-refractivity contribution in [1.82, 2.24) is 4.98 Å². The van der Waals surface area contributed by atoms with Crippen LogP contribution >= 0.6 is 11.6 Å². The zero-order chi connectivity index (χ0) is 11.4. The molecule has 0 bridgehead atoms. The van der Waals surface area contributed by atoms with E-state index in [9.17, 15) is 10.1 Å². The third kappa shape index (κ3) is 2.56. The largest absolute Gasteiger partial charge is 0.384 e. The lowest BCUT2D eigenvalue weighted by Gasteiger charge is -1.98. The number of nitrogens with two attached hydrogens (primary N) is 1. The van der Waals surface area contributed by atoms with Crippen LogP contribution in [0.2, 0.25) is 5.15 Å². The summed E-state index contributed by atoms with van der Waals surface area (Å²) in [6, 6.07) is 1.12. The molecule has 6 nitrogen and oxygen atoms in total. The maximum atomic E-state index is 10.5. The molecule has 0 aromatic carbocycles. The maximum absolute atomic E-state index is 10.5. The Morgan fingerprint density at radius 2 is 2.40 bits per heavy atom. The van der Waals surface area contributed by atoms with E-state index in [0.29, 0.717) is 0 Å². The van der Waals surface area contributed by atoms with E-state index in [2.05, 4.69) is 16.8 Å². The first-order valence-electron chi connectivity index (χ1n) is 3.76. The van der Waals surface area contributed by atoms with Crippen molar-refractivity contribution in [2.24, 2.45) is 0 Å². The molecule has 0 amide bonds. The van der Waals surface area contributed by atoms with Crippen molar-refractivity contribution in [3.05, 3.63) is 26.9 Å². The van der Waals surface area contributed by atoms with Gasteiger partial charge in [-0.3, -0.25) is 10.1 Å². The van der Waals surface area contributed by atoms with Gasteiger partial charge in [0.15, 0.2) is 0 Å². The Labute approximate surface area is 89.8 Å². The van der Waals surface area contributed by atoms with Crippen LogP contribution in [0.1, 0.15) is 5.56 Å². The number of pyridine rings is 1. The van der Waals surface area contributed by atoms with Crippen LogP contribution in [0.3, 0.4) is 0 Å². The molecule has 1 rings (SSSR count). The lowest BCUT2D eigenvalue weighted by Crippen LogP contribution is -2.00. The van der Waals surface area contributed by atoms with Crippen LogP contribution in [0, 0.1) is 22.0 Å². The van der Waals surface area contributed by atoms with Gasteiger partial charge in [0, 0.05) is 6.07 Å². The number of rotatable bonds is 1. The summed E-state index contributed by atoms with van der Waals surface area (Å²) in [5, 5.41) is 18.9. The van der Waals surface area contributed by atoms with E-state index >= 15 is 0 Å². The number of aliphatic hydroxyl groups excluding tert-OH is 1. The molecular weight excluding hydrogens is 222 g/mol. The fourth-order valence-corrected chi connectivity index (χ4v) is 1.05. The van der Waals surface area contributed by atoms with Gasteiger partial charge in [0.2, 0.25) is 5.82 Å². The second kappa shape index (κ2) is 4.59. The lowest BCUT2D eigenvalue weighted by atomic mass is 10.2. The first-order chi connectivity index (χ1) is 7.06. The summed E-state index contributed by atoms with van der Waals surface area (Å²) in [7, 11) is 0. The monoisotopic (exact) mass is 227 g/mol. The summed E-state index contributed by atoms with van der Waals surface area (Å²) in [6.07, 6.45) is 0. The van der Waals surface area contributed by atoms with Gasteiger partial charge in [-0.25, -0.2) is 4.98 Å². The van der Waals surface area contributed by atoms with Crippen LogP contribution in [-0.2, 0) is 0 Å². The van der Waals surface area contributed by atoms with Crippen LogP contribution in [0.5, 0.6) is 0 Å². The van der Waals surface area contributed by atoms with E-state index < -0.39 is 4.92 Å². The highest BCUT2D eigenvalue weighted by molar-refractivity contribution is 6.30. The molecular formula is C8H6ClN3O3. The van der Waals surface area contributed by atoms with Gasteiger partial charge in [0.25, 0.3) is 0 Å². The van der Waals surface area contributed by atoms with Gasteiger partial charge >= 0.3 is 5.69 Å². The fraction of sp³-hybridized carbons (Fsp3) is 0.125. The first-order valence-corrected chi connectivity index (χ1v) is 4.14. The summed E-state index contributed by atoms with van der Waals surface area (Å²) < 4.78 is 0. The third-order valence-corrected chi connectivity index (χ3v) is 1.77. The Bertz CT molecular complexity index is 464. The normalized spacial score (nSPS) is 9.20. The molecule has 0 atom stereocenters. The number of halogens is 1. The van der Waals surface area contributed by atoms with Crippen molar-refractivity contribution in [2.75, 3.05) is 12.3 Å². The number of anilines is 1. The quantitative estimate of drug-likeness (QED) is 0.316. The lowest BCUT2D eigenvalue weighted by molar-refractivity contribution is -0.384. The van der Waals surface area contributed by atoms with Gasteiger partial charge in [-0.1, -0.05) is 23.4 Å². The van der Waals surface area contributed by atoms with E-state index in [0.717, 1.165) is 6.07 Å². The molecule has 7 heteroatoms. The molecule has 0 aliphatic rings. The number of hydrogen-bond acceptors (Lipinski definition) is 5. The van der Waals surface area contributed by atoms with Gasteiger partial charge in [-0.2, -0.15) is 0 Å². The number of nitrogens with zero attached hydrogens (tertiary/aromatic N) is 2. The minimum absolute atomic E-state index is 0.0287. The molecule has 78 valence electrons. The molecule has 3 N–H and O–H groups in total. The van der Waals surface area contributed by atoms with Crippen LogP contribution in [0.4, 0.5) is 11.5 Å². The average molecular weight is 228 g/mol. The van der Waals surface area contributed by atoms with Crippen molar-refractivity contribution in [3.63, 3.8) is 0 Å². The van der Waals surface area contributed by atoms with Gasteiger partial charge in [0.1, 0.15) is 11.8 Å². The number of hydrogen-bond donors (Lipinski definition) is 2.